The molecule has 0 bridgehead atoms. The van der Waals surface area contributed by atoms with Crippen LogP contribution in [-0.2, 0) is 14.8 Å². The van der Waals surface area contributed by atoms with Crippen molar-refractivity contribution in [1.29, 1.82) is 0 Å². The average Bonchev–Trinajstić information content (AvgIpc) is 1.65. The highest BCUT2D eigenvalue weighted by Crippen LogP contribution is 2.24. The van der Waals surface area contributed by atoms with Crippen LogP contribution in [-0.4, -0.2) is 17.5 Å². The molecule has 1 rings (SSSR count). The lowest BCUT2D eigenvalue weighted by Crippen LogP contribution is -2.32. The summed E-state index contributed by atoms with van der Waals surface area (Å²) in [5.41, 5.74) is 0. The fraction of sp³-hybridized carbons (Fsp3) is 1.00. The minimum atomic E-state index is -0.946. The van der Waals surface area contributed by atoms with Crippen LogP contribution in [0.1, 0.15) is 0 Å². The molecular formula is C3H4Cl2O3. The summed E-state index contributed by atoms with van der Waals surface area (Å²) in [7, 11) is 0. The highest BCUT2D eigenvalue weighted by molar-refractivity contribution is 6.48. The molecule has 0 spiro atoms. The Balaban J connectivity index is 2.33. The molecule has 0 aliphatic carbocycles. The normalized spacial score (nSPS) is 27.8. The van der Waals surface area contributed by atoms with E-state index in [1.165, 1.54) is 0 Å². The molecule has 1 fully saturated rings. The Hall–Kier alpha value is 0.460. The molecule has 1 aliphatic rings. The standard InChI is InChI=1S/C3H4Cl2O3/c4-3(5)1-6-8-7-2-3/h1-2H2. The summed E-state index contributed by atoms with van der Waals surface area (Å²) < 4.78 is -0.946. The van der Waals surface area contributed by atoms with E-state index in [0.717, 1.165) is 0 Å². The van der Waals surface area contributed by atoms with Crippen molar-refractivity contribution in [3.63, 3.8) is 0 Å². The Kier molecular flexibility index (Phi) is 1.95. The number of hydrogen-bond donors (Lipinski definition) is 0. The van der Waals surface area contributed by atoms with Gasteiger partial charge in [-0.25, -0.2) is 9.78 Å². The van der Waals surface area contributed by atoms with Crippen LogP contribution in [0, 0.1) is 0 Å². The van der Waals surface area contributed by atoms with Gasteiger partial charge in [-0.2, -0.15) is 0 Å². The van der Waals surface area contributed by atoms with Crippen molar-refractivity contribution in [2.75, 3.05) is 13.2 Å². The molecule has 0 N–H and O–H groups in total. The molecule has 48 valence electrons. The lowest BCUT2D eigenvalue weighted by molar-refractivity contribution is -0.533. The van der Waals surface area contributed by atoms with Gasteiger partial charge in [0.05, 0.1) is 0 Å². The van der Waals surface area contributed by atoms with Crippen molar-refractivity contribution in [3.05, 3.63) is 0 Å². The molecule has 0 saturated carbocycles. The summed E-state index contributed by atoms with van der Waals surface area (Å²) >= 11 is 11.0. The molecule has 0 amide bonds. The van der Waals surface area contributed by atoms with Gasteiger partial charge in [-0.15, -0.1) is 0 Å². The summed E-state index contributed by atoms with van der Waals surface area (Å²) in [6, 6.07) is 0. The summed E-state index contributed by atoms with van der Waals surface area (Å²) in [5.74, 6) is 0. The molecule has 1 heterocycles. The molecule has 0 unspecified atom stereocenters. The van der Waals surface area contributed by atoms with Gasteiger partial charge in [0.15, 0.2) is 4.33 Å². The van der Waals surface area contributed by atoms with Crippen molar-refractivity contribution in [3.8, 4) is 0 Å². The predicted octanol–water partition coefficient (Wildman–Crippen LogP) is 1.05. The van der Waals surface area contributed by atoms with Crippen molar-refractivity contribution in [2.24, 2.45) is 0 Å². The fourth-order valence-electron chi connectivity index (χ4n) is 0.296. The van der Waals surface area contributed by atoms with E-state index < -0.39 is 4.33 Å². The summed E-state index contributed by atoms with van der Waals surface area (Å²) in [4.78, 5) is 8.60. The smallest absolute Gasteiger partial charge is 0.171 e. The Morgan fingerprint density at radius 2 is 1.62 bits per heavy atom. The second-order valence-electron chi connectivity index (χ2n) is 1.45. The zero-order chi connectivity index (χ0) is 6.04. The third-order valence-corrected chi connectivity index (χ3v) is 1.07. The monoisotopic (exact) mass is 158 g/mol. The van der Waals surface area contributed by atoms with Gasteiger partial charge in [0.1, 0.15) is 13.2 Å². The topological polar surface area (TPSA) is 27.7 Å². The zero-order valence-electron chi connectivity index (χ0n) is 3.89. The molecule has 3 nitrogen and oxygen atoms in total. The molecule has 8 heavy (non-hydrogen) atoms. The first kappa shape index (κ1) is 6.58. The Labute approximate surface area is 56.3 Å². The number of halogens is 2. The van der Waals surface area contributed by atoms with E-state index in [0.29, 0.717) is 0 Å². The van der Waals surface area contributed by atoms with Crippen molar-refractivity contribution < 1.29 is 14.8 Å². The highest BCUT2D eigenvalue weighted by atomic mass is 35.5. The molecule has 0 aromatic carbocycles. The molecule has 0 aromatic heterocycles. The zero-order valence-corrected chi connectivity index (χ0v) is 5.41. The van der Waals surface area contributed by atoms with Crippen LogP contribution in [0.4, 0.5) is 0 Å². The first-order valence-corrected chi connectivity index (χ1v) is 2.75. The van der Waals surface area contributed by atoms with Crippen LogP contribution in [0.25, 0.3) is 0 Å². The first-order valence-electron chi connectivity index (χ1n) is 2.00. The van der Waals surface area contributed by atoms with E-state index in [1.54, 1.807) is 0 Å². The molecule has 0 radical (unpaired) electrons. The molecule has 1 aliphatic heterocycles. The van der Waals surface area contributed by atoms with Crippen LogP contribution in [0.3, 0.4) is 0 Å². The second kappa shape index (κ2) is 2.37. The predicted molar refractivity (Wildman–Crippen MR) is 27.4 cm³/mol. The summed E-state index contributed by atoms with van der Waals surface area (Å²) in [6.07, 6.45) is 0. The third-order valence-electron chi connectivity index (χ3n) is 0.636. The highest BCUT2D eigenvalue weighted by Gasteiger charge is 2.29. The lowest BCUT2D eigenvalue weighted by atomic mass is 10.5. The van der Waals surface area contributed by atoms with Gasteiger partial charge in [-0.05, 0) is 0 Å². The largest absolute Gasteiger partial charge is 0.203 e. The van der Waals surface area contributed by atoms with Gasteiger partial charge in [0, 0.05) is 0 Å². The van der Waals surface area contributed by atoms with E-state index >= 15 is 0 Å². The van der Waals surface area contributed by atoms with Gasteiger partial charge in [0.2, 0.25) is 0 Å². The van der Waals surface area contributed by atoms with E-state index in [9.17, 15) is 0 Å². The van der Waals surface area contributed by atoms with Crippen LogP contribution in [0.5, 0.6) is 0 Å². The minimum Gasteiger partial charge on any atom is -0.203 e. The molecule has 0 aromatic rings. The second-order valence-corrected chi connectivity index (χ2v) is 3.09. The van der Waals surface area contributed by atoms with Crippen molar-refractivity contribution >= 4 is 23.2 Å². The van der Waals surface area contributed by atoms with Crippen LogP contribution in [0.2, 0.25) is 0 Å². The SMILES string of the molecule is ClC1(Cl)COOOC1. The van der Waals surface area contributed by atoms with Crippen LogP contribution in [0.15, 0.2) is 0 Å². The van der Waals surface area contributed by atoms with Gasteiger partial charge in [-0.1, -0.05) is 28.2 Å². The average molecular weight is 159 g/mol. The van der Waals surface area contributed by atoms with Gasteiger partial charge in [-0.3, -0.25) is 0 Å². The van der Waals surface area contributed by atoms with E-state index in [1.807, 2.05) is 0 Å². The minimum absolute atomic E-state index is 0.135. The van der Waals surface area contributed by atoms with Crippen molar-refractivity contribution in [1.82, 2.24) is 0 Å². The van der Waals surface area contributed by atoms with E-state index in [2.05, 4.69) is 14.8 Å². The van der Waals surface area contributed by atoms with Crippen LogP contribution >= 0.6 is 23.2 Å². The molecule has 1 saturated heterocycles. The lowest BCUT2D eigenvalue weighted by Gasteiger charge is -2.21. The Morgan fingerprint density at radius 1 is 1.12 bits per heavy atom. The van der Waals surface area contributed by atoms with Gasteiger partial charge >= 0.3 is 0 Å². The first-order chi connectivity index (χ1) is 3.71. The third kappa shape index (κ3) is 1.76. The Bertz CT molecular complexity index is 76.6. The maximum atomic E-state index is 5.51. The van der Waals surface area contributed by atoms with Gasteiger partial charge < -0.3 is 0 Å². The number of alkyl halides is 2. The van der Waals surface area contributed by atoms with E-state index in [-0.39, 0.29) is 13.2 Å². The number of rotatable bonds is 0. The van der Waals surface area contributed by atoms with Crippen LogP contribution < -0.4 is 0 Å². The quantitative estimate of drug-likeness (QED) is 0.390. The maximum absolute atomic E-state index is 5.51. The van der Waals surface area contributed by atoms with E-state index in [4.69, 9.17) is 23.2 Å². The molecule has 5 heteroatoms. The molecular weight excluding hydrogens is 155 g/mol. The Morgan fingerprint density at radius 3 is 1.88 bits per heavy atom. The summed E-state index contributed by atoms with van der Waals surface area (Å²) in [5, 5.41) is 4.04. The molecule has 0 atom stereocenters. The maximum Gasteiger partial charge on any atom is 0.171 e. The summed E-state index contributed by atoms with van der Waals surface area (Å²) in [6.45, 7) is 0.270. The fourth-order valence-corrected chi connectivity index (χ4v) is 0.474. The number of hydrogen-bond acceptors (Lipinski definition) is 3. The van der Waals surface area contributed by atoms with Crippen molar-refractivity contribution in [2.45, 2.75) is 4.33 Å². The van der Waals surface area contributed by atoms with Gasteiger partial charge in [0.25, 0.3) is 0 Å².